The largest absolute Gasteiger partial charge is 0.481 e. The smallest absolute Gasteiger partial charge is 0.407 e. The van der Waals surface area contributed by atoms with Crippen molar-refractivity contribution in [1.29, 1.82) is 0 Å². The molecule has 0 heterocycles. The van der Waals surface area contributed by atoms with Crippen LogP contribution in [0, 0.1) is 0 Å². The molecule has 3 aromatic carbocycles. The molecule has 0 aromatic heterocycles. The quantitative estimate of drug-likeness (QED) is 0.543. The van der Waals surface area contributed by atoms with Gasteiger partial charge in [0.05, 0.1) is 6.42 Å². The van der Waals surface area contributed by atoms with Gasteiger partial charge in [0.15, 0.2) is 0 Å². The van der Waals surface area contributed by atoms with Crippen molar-refractivity contribution in [3.05, 3.63) is 95.6 Å². The molecule has 2 N–H and O–H groups in total. The minimum atomic E-state index is -0.947. The van der Waals surface area contributed by atoms with E-state index in [0.717, 1.165) is 16.7 Å². The molecular weight excluding hydrogens is 390 g/mol. The van der Waals surface area contributed by atoms with Crippen LogP contribution in [0.15, 0.2) is 78.9 Å². The number of aliphatic carboxylic acids is 1. The summed E-state index contributed by atoms with van der Waals surface area (Å²) >= 11 is 0. The monoisotopic (exact) mass is 415 g/mol. The van der Waals surface area contributed by atoms with Gasteiger partial charge in [0, 0.05) is 12.0 Å². The first-order chi connectivity index (χ1) is 15.1. The van der Waals surface area contributed by atoms with Gasteiger partial charge in [0.1, 0.15) is 6.61 Å². The van der Waals surface area contributed by atoms with Gasteiger partial charge in [-0.2, -0.15) is 0 Å². The van der Waals surface area contributed by atoms with Crippen molar-refractivity contribution in [2.24, 2.45) is 0 Å². The SMILES string of the molecule is O=C(O)C[C@H](CCc1ccccc1)NC(=O)OCC1c2ccccc2-c2ccccc21. The first-order valence-corrected chi connectivity index (χ1v) is 10.5. The minimum absolute atomic E-state index is 0.0274. The highest BCUT2D eigenvalue weighted by Crippen LogP contribution is 2.44. The number of carbonyl (C=O) groups excluding carboxylic acids is 1. The zero-order chi connectivity index (χ0) is 21.6. The number of amides is 1. The second-order valence-corrected chi connectivity index (χ2v) is 7.79. The van der Waals surface area contributed by atoms with Crippen molar-refractivity contribution in [2.75, 3.05) is 6.61 Å². The first-order valence-electron chi connectivity index (χ1n) is 10.5. The van der Waals surface area contributed by atoms with Crippen molar-refractivity contribution in [1.82, 2.24) is 5.32 Å². The number of carboxylic acids is 1. The lowest BCUT2D eigenvalue weighted by atomic mass is 9.98. The summed E-state index contributed by atoms with van der Waals surface area (Å²) in [6, 6.07) is 25.6. The highest BCUT2D eigenvalue weighted by Gasteiger charge is 2.29. The summed E-state index contributed by atoms with van der Waals surface area (Å²) in [4.78, 5) is 23.8. The molecule has 0 unspecified atom stereocenters. The fourth-order valence-corrected chi connectivity index (χ4v) is 4.23. The molecule has 0 bridgehead atoms. The minimum Gasteiger partial charge on any atom is -0.481 e. The van der Waals surface area contributed by atoms with E-state index in [1.807, 2.05) is 54.6 Å². The zero-order valence-corrected chi connectivity index (χ0v) is 17.2. The summed E-state index contributed by atoms with van der Waals surface area (Å²) in [5.41, 5.74) is 5.72. The number of hydrogen-bond acceptors (Lipinski definition) is 3. The van der Waals surface area contributed by atoms with Crippen LogP contribution < -0.4 is 5.32 Å². The van der Waals surface area contributed by atoms with E-state index in [1.54, 1.807) is 0 Å². The van der Waals surface area contributed by atoms with Crippen LogP contribution in [0.2, 0.25) is 0 Å². The molecule has 1 amide bonds. The molecule has 0 saturated carbocycles. The molecule has 0 spiro atoms. The fraction of sp³-hybridized carbons (Fsp3) is 0.231. The van der Waals surface area contributed by atoms with E-state index in [4.69, 9.17) is 4.74 Å². The molecule has 4 rings (SSSR count). The lowest BCUT2D eigenvalue weighted by Crippen LogP contribution is -2.37. The number of carboxylic acid groups (broad SMARTS) is 1. The maximum absolute atomic E-state index is 12.5. The number of carbonyl (C=O) groups is 2. The second-order valence-electron chi connectivity index (χ2n) is 7.79. The van der Waals surface area contributed by atoms with Gasteiger partial charge in [0.2, 0.25) is 0 Å². The Kier molecular flexibility index (Phi) is 6.32. The number of hydrogen-bond donors (Lipinski definition) is 2. The predicted octanol–water partition coefficient (Wildman–Crippen LogP) is 5.00. The lowest BCUT2D eigenvalue weighted by molar-refractivity contribution is -0.137. The summed E-state index contributed by atoms with van der Waals surface area (Å²) in [5, 5.41) is 12.0. The zero-order valence-electron chi connectivity index (χ0n) is 17.2. The average molecular weight is 415 g/mol. The van der Waals surface area contributed by atoms with Crippen molar-refractivity contribution < 1.29 is 19.4 Å². The van der Waals surface area contributed by atoms with Crippen LogP contribution in [0.25, 0.3) is 11.1 Å². The molecule has 0 radical (unpaired) electrons. The molecule has 31 heavy (non-hydrogen) atoms. The van der Waals surface area contributed by atoms with Gasteiger partial charge in [-0.15, -0.1) is 0 Å². The Labute approximate surface area is 181 Å². The summed E-state index contributed by atoms with van der Waals surface area (Å²) in [7, 11) is 0. The average Bonchev–Trinajstić information content (AvgIpc) is 3.10. The van der Waals surface area contributed by atoms with Gasteiger partial charge >= 0.3 is 12.1 Å². The number of benzene rings is 3. The molecule has 0 saturated heterocycles. The molecule has 0 aliphatic heterocycles. The summed E-state index contributed by atoms with van der Waals surface area (Å²) in [6.07, 6.45) is 0.487. The molecule has 5 nitrogen and oxygen atoms in total. The van der Waals surface area contributed by atoms with Crippen molar-refractivity contribution in [2.45, 2.75) is 31.2 Å². The molecule has 0 fully saturated rings. The Morgan fingerprint density at radius 1 is 0.871 bits per heavy atom. The number of aryl methyl sites for hydroxylation is 1. The Morgan fingerprint density at radius 2 is 1.45 bits per heavy atom. The Balaban J connectivity index is 1.38. The van der Waals surface area contributed by atoms with Gasteiger partial charge in [-0.3, -0.25) is 4.79 Å². The van der Waals surface area contributed by atoms with Crippen LogP contribution in [-0.2, 0) is 16.0 Å². The van der Waals surface area contributed by atoms with Gasteiger partial charge in [-0.05, 0) is 40.7 Å². The molecule has 3 aromatic rings. The summed E-state index contributed by atoms with van der Waals surface area (Å²) in [6.45, 7) is 0.207. The maximum atomic E-state index is 12.5. The highest BCUT2D eigenvalue weighted by atomic mass is 16.5. The van der Waals surface area contributed by atoms with Gasteiger partial charge in [-0.1, -0.05) is 78.9 Å². The van der Waals surface area contributed by atoms with Crippen LogP contribution in [0.1, 0.15) is 35.4 Å². The van der Waals surface area contributed by atoms with Crippen molar-refractivity contribution >= 4 is 12.1 Å². The normalized spacial score (nSPS) is 13.2. The number of alkyl carbamates (subject to hydrolysis) is 1. The van der Waals surface area contributed by atoms with Crippen LogP contribution in [0.4, 0.5) is 4.79 Å². The number of fused-ring (bicyclic) bond motifs is 3. The van der Waals surface area contributed by atoms with Crippen LogP contribution in [0.3, 0.4) is 0 Å². The number of nitrogens with one attached hydrogen (secondary N) is 1. The standard InChI is InChI=1S/C26H25NO4/c28-25(29)16-19(15-14-18-8-2-1-3-9-18)27-26(30)31-17-24-22-12-6-4-10-20(22)21-11-5-7-13-23(21)24/h1-13,19,24H,14-17H2,(H,27,30)(H,28,29)/t19-/m0/s1. The Hall–Kier alpha value is -3.60. The van der Waals surface area contributed by atoms with Gasteiger partial charge in [-0.25, -0.2) is 4.79 Å². The third-order valence-electron chi connectivity index (χ3n) is 5.71. The summed E-state index contributed by atoms with van der Waals surface area (Å²) in [5.74, 6) is -0.975. The molecular formula is C26H25NO4. The molecule has 5 heteroatoms. The Morgan fingerprint density at radius 3 is 2.06 bits per heavy atom. The number of rotatable bonds is 8. The van der Waals surface area contributed by atoms with Crippen LogP contribution in [-0.4, -0.2) is 29.8 Å². The lowest BCUT2D eigenvalue weighted by Gasteiger charge is -2.19. The Bertz CT molecular complexity index is 1020. The molecule has 1 aliphatic rings. The van der Waals surface area contributed by atoms with E-state index < -0.39 is 18.1 Å². The van der Waals surface area contributed by atoms with Crippen molar-refractivity contribution in [3.8, 4) is 11.1 Å². The highest BCUT2D eigenvalue weighted by molar-refractivity contribution is 5.79. The molecule has 1 atom stereocenters. The topological polar surface area (TPSA) is 75.6 Å². The fourth-order valence-electron chi connectivity index (χ4n) is 4.23. The number of ether oxygens (including phenoxy) is 1. The van der Waals surface area contributed by atoms with E-state index in [9.17, 15) is 14.7 Å². The van der Waals surface area contributed by atoms with Gasteiger partial charge in [0.25, 0.3) is 0 Å². The van der Waals surface area contributed by atoms with E-state index in [0.29, 0.717) is 12.8 Å². The van der Waals surface area contributed by atoms with Gasteiger partial charge < -0.3 is 15.2 Å². The third kappa shape index (κ3) is 4.94. The van der Waals surface area contributed by atoms with Crippen molar-refractivity contribution in [3.63, 3.8) is 0 Å². The maximum Gasteiger partial charge on any atom is 0.407 e. The van der Waals surface area contributed by atoms with Crippen LogP contribution >= 0.6 is 0 Å². The molecule has 1 aliphatic carbocycles. The van der Waals surface area contributed by atoms with E-state index in [-0.39, 0.29) is 18.9 Å². The predicted molar refractivity (Wildman–Crippen MR) is 119 cm³/mol. The first kappa shape index (κ1) is 20.7. The van der Waals surface area contributed by atoms with E-state index >= 15 is 0 Å². The van der Waals surface area contributed by atoms with Crippen LogP contribution in [0.5, 0.6) is 0 Å². The summed E-state index contributed by atoms with van der Waals surface area (Å²) < 4.78 is 5.56. The second kappa shape index (κ2) is 9.47. The van der Waals surface area contributed by atoms with E-state index in [1.165, 1.54) is 11.1 Å². The van der Waals surface area contributed by atoms with E-state index in [2.05, 4.69) is 29.6 Å². The third-order valence-corrected chi connectivity index (χ3v) is 5.71. The molecule has 158 valence electrons.